The molecule has 1 aliphatic heterocycles. The maximum absolute atomic E-state index is 4.75. The van der Waals surface area contributed by atoms with Gasteiger partial charge in [0.25, 0.3) is 0 Å². The van der Waals surface area contributed by atoms with Crippen molar-refractivity contribution in [2.24, 2.45) is 5.16 Å². The summed E-state index contributed by atoms with van der Waals surface area (Å²) >= 11 is 3.39. The second kappa shape index (κ2) is 2.79. The molecule has 0 fully saturated rings. The fourth-order valence-electron chi connectivity index (χ4n) is 1.13. The Kier molecular flexibility index (Phi) is 1.79. The van der Waals surface area contributed by atoms with Crippen LogP contribution in [0.15, 0.2) is 29.0 Å². The fourth-order valence-corrected chi connectivity index (χ4v) is 1.64. The van der Waals surface area contributed by atoms with Gasteiger partial charge in [0.05, 0.1) is 0 Å². The number of hydrogen-bond acceptors (Lipinski definition) is 3. The van der Waals surface area contributed by atoms with E-state index in [0.717, 1.165) is 11.0 Å². The van der Waals surface area contributed by atoms with E-state index in [4.69, 9.17) is 4.94 Å². The first-order valence-corrected chi connectivity index (χ1v) is 4.46. The molecule has 11 heavy (non-hydrogen) atoms. The zero-order valence-electron chi connectivity index (χ0n) is 5.75. The van der Waals surface area contributed by atoms with E-state index in [0.29, 0.717) is 0 Å². The molecule has 58 valence electrons. The highest BCUT2D eigenvalue weighted by molar-refractivity contribution is 9.09. The highest BCUT2D eigenvalue weighted by Crippen LogP contribution is 2.16. The van der Waals surface area contributed by atoms with Crippen LogP contribution in [0.5, 0.6) is 0 Å². The maximum Gasteiger partial charge on any atom is 0.113 e. The molecule has 0 spiro atoms. The molecule has 0 saturated carbocycles. The second-order valence-corrected chi connectivity index (χ2v) is 2.95. The van der Waals surface area contributed by atoms with E-state index in [2.05, 4.69) is 32.6 Å². The van der Waals surface area contributed by atoms with E-state index in [-0.39, 0.29) is 6.04 Å². The number of oxime groups is 1. The second-order valence-electron chi connectivity index (χ2n) is 2.39. The van der Waals surface area contributed by atoms with E-state index < -0.39 is 0 Å². The van der Waals surface area contributed by atoms with Gasteiger partial charge in [-0.05, 0) is 11.6 Å². The molecule has 3 nitrogen and oxygen atoms in total. The number of rotatable bonds is 1. The van der Waals surface area contributed by atoms with Gasteiger partial charge in [-0.3, -0.25) is 4.94 Å². The van der Waals surface area contributed by atoms with Gasteiger partial charge < -0.3 is 0 Å². The van der Waals surface area contributed by atoms with Crippen LogP contribution in [-0.4, -0.2) is 17.1 Å². The van der Waals surface area contributed by atoms with Crippen molar-refractivity contribution >= 4 is 21.6 Å². The SMILES string of the molecule is BrCC1=CC=CC2=NONC12. The summed E-state index contributed by atoms with van der Waals surface area (Å²) in [5.74, 6) is 0. The molecular weight excluding hydrogens is 208 g/mol. The van der Waals surface area contributed by atoms with Gasteiger partial charge >= 0.3 is 0 Å². The van der Waals surface area contributed by atoms with Crippen molar-refractivity contribution in [3.05, 3.63) is 23.8 Å². The summed E-state index contributed by atoms with van der Waals surface area (Å²) in [5, 5.41) is 4.66. The van der Waals surface area contributed by atoms with Crippen molar-refractivity contribution in [2.45, 2.75) is 6.04 Å². The first kappa shape index (κ1) is 7.06. The minimum Gasteiger partial charge on any atom is -0.298 e. The van der Waals surface area contributed by atoms with Crippen molar-refractivity contribution in [3.63, 3.8) is 0 Å². The predicted octanol–water partition coefficient (Wildman–Crippen LogP) is 1.14. The Balaban J connectivity index is 2.29. The number of hydrogen-bond donors (Lipinski definition) is 1. The third kappa shape index (κ3) is 1.12. The van der Waals surface area contributed by atoms with Gasteiger partial charge in [-0.2, -0.15) is 0 Å². The zero-order chi connectivity index (χ0) is 7.68. The first-order valence-electron chi connectivity index (χ1n) is 3.34. The average molecular weight is 215 g/mol. The van der Waals surface area contributed by atoms with Crippen LogP contribution >= 0.6 is 15.9 Å². The summed E-state index contributed by atoms with van der Waals surface area (Å²) in [5.41, 5.74) is 4.99. The number of halogens is 1. The van der Waals surface area contributed by atoms with Crippen LogP contribution in [-0.2, 0) is 4.94 Å². The highest BCUT2D eigenvalue weighted by Gasteiger charge is 2.25. The first-order chi connectivity index (χ1) is 5.42. The standard InChI is InChI=1S/C7H7BrN2O/c8-4-5-2-1-3-6-7(5)10-11-9-6/h1-3,7,10H,4H2. The molecule has 0 radical (unpaired) electrons. The van der Waals surface area contributed by atoms with Crippen LogP contribution in [0.1, 0.15) is 0 Å². The van der Waals surface area contributed by atoms with Crippen LogP contribution in [0, 0.1) is 0 Å². The Bertz CT molecular complexity index is 257. The van der Waals surface area contributed by atoms with Crippen molar-refractivity contribution < 1.29 is 4.94 Å². The van der Waals surface area contributed by atoms with E-state index in [1.54, 1.807) is 0 Å². The molecule has 0 bridgehead atoms. The van der Waals surface area contributed by atoms with Gasteiger partial charge in [0.1, 0.15) is 11.8 Å². The third-order valence-electron chi connectivity index (χ3n) is 1.72. The Morgan fingerprint density at radius 1 is 1.73 bits per heavy atom. The lowest BCUT2D eigenvalue weighted by Crippen LogP contribution is -2.32. The lowest BCUT2D eigenvalue weighted by molar-refractivity contribution is 0.0656. The summed E-state index contributed by atoms with van der Waals surface area (Å²) in [6, 6.07) is 0.152. The van der Waals surface area contributed by atoms with Crippen molar-refractivity contribution in [2.75, 3.05) is 5.33 Å². The molecule has 1 atom stereocenters. The van der Waals surface area contributed by atoms with E-state index >= 15 is 0 Å². The minimum atomic E-state index is 0.152. The largest absolute Gasteiger partial charge is 0.298 e. The summed E-state index contributed by atoms with van der Waals surface area (Å²) in [7, 11) is 0. The monoisotopic (exact) mass is 214 g/mol. The van der Waals surface area contributed by atoms with E-state index in [1.807, 2.05) is 12.2 Å². The fraction of sp³-hybridized carbons (Fsp3) is 0.286. The quantitative estimate of drug-likeness (QED) is 0.665. The minimum absolute atomic E-state index is 0.152. The van der Waals surface area contributed by atoms with Crippen LogP contribution in [0.25, 0.3) is 0 Å². The number of nitrogens with one attached hydrogen (secondary N) is 1. The molecule has 1 N–H and O–H groups in total. The highest BCUT2D eigenvalue weighted by atomic mass is 79.9. The predicted molar refractivity (Wildman–Crippen MR) is 46.5 cm³/mol. The smallest absolute Gasteiger partial charge is 0.113 e. The Hall–Kier alpha value is -0.610. The third-order valence-corrected chi connectivity index (χ3v) is 2.37. The Morgan fingerprint density at radius 2 is 2.64 bits per heavy atom. The van der Waals surface area contributed by atoms with Crippen molar-refractivity contribution in [1.82, 2.24) is 5.48 Å². The van der Waals surface area contributed by atoms with E-state index in [1.165, 1.54) is 5.57 Å². The molecule has 0 amide bonds. The topological polar surface area (TPSA) is 33.6 Å². The molecule has 0 aromatic carbocycles. The number of fused-ring (bicyclic) bond motifs is 1. The molecule has 0 aromatic rings. The molecular formula is C7H7BrN2O. The molecule has 4 heteroatoms. The van der Waals surface area contributed by atoms with E-state index in [9.17, 15) is 0 Å². The number of hydroxylamine groups is 1. The number of alkyl halides is 1. The molecule has 2 rings (SSSR count). The summed E-state index contributed by atoms with van der Waals surface area (Å²) in [6.07, 6.45) is 5.97. The molecule has 1 heterocycles. The molecule has 0 saturated heterocycles. The van der Waals surface area contributed by atoms with Gasteiger partial charge in [-0.25, -0.2) is 0 Å². The molecule has 2 aliphatic rings. The molecule has 1 aliphatic carbocycles. The summed E-state index contributed by atoms with van der Waals surface area (Å²) in [4.78, 5) is 4.75. The van der Waals surface area contributed by atoms with Gasteiger partial charge in [0.15, 0.2) is 0 Å². The van der Waals surface area contributed by atoms with Crippen molar-refractivity contribution in [3.8, 4) is 0 Å². The normalized spacial score (nSPS) is 27.2. The summed E-state index contributed by atoms with van der Waals surface area (Å²) < 4.78 is 0. The van der Waals surface area contributed by atoms with Crippen molar-refractivity contribution in [1.29, 1.82) is 0 Å². The Labute approximate surface area is 72.9 Å². The molecule has 0 aromatic heterocycles. The lowest BCUT2D eigenvalue weighted by Gasteiger charge is -2.13. The zero-order valence-corrected chi connectivity index (χ0v) is 7.34. The van der Waals surface area contributed by atoms with Gasteiger partial charge in [0.2, 0.25) is 0 Å². The van der Waals surface area contributed by atoms with Crippen LogP contribution in [0.2, 0.25) is 0 Å². The number of nitrogens with zero attached hydrogens (tertiary/aromatic N) is 1. The lowest BCUT2D eigenvalue weighted by atomic mass is 10.00. The Morgan fingerprint density at radius 3 is 3.45 bits per heavy atom. The maximum atomic E-state index is 4.75. The summed E-state index contributed by atoms with van der Waals surface area (Å²) in [6.45, 7) is 0. The van der Waals surface area contributed by atoms with Gasteiger partial charge in [0, 0.05) is 5.33 Å². The van der Waals surface area contributed by atoms with Crippen LogP contribution < -0.4 is 5.48 Å². The molecule has 1 unspecified atom stereocenters. The van der Waals surface area contributed by atoms with Crippen LogP contribution in [0.3, 0.4) is 0 Å². The van der Waals surface area contributed by atoms with Gasteiger partial charge in [-0.1, -0.05) is 33.2 Å². The van der Waals surface area contributed by atoms with Gasteiger partial charge in [-0.15, -0.1) is 5.48 Å². The number of allylic oxidation sites excluding steroid dienone is 2. The van der Waals surface area contributed by atoms with Crippen LogP contribution in [0.4, 0.5) is 0 Å². The average Bonchev–Trinajstić information content (AvgIpc) is 2.50.